The number of rotatable bonds is 9. The van der Waals surface area contributed by atoms with Crippen LogP contribution in [0.2, 0.25) is 0 Å². The van der Waals surface area contributed by atoms with Gasteiger partial charge in [0.2, 0.25) is 0 Å². The van der Waals surface area contributed by atoms with Crippen molar-refractivity contribution in [3.63, 3.8) is 0 Å². The number of hydrogen-bond donors (Lipinski definition) is 2. The molecule has 0 saturated carbocycles. The minimum atomic E-state index is -0.583. The summed E-state index contributed by atoms with van der Waals surface area (Å²) in [6, 6.07) is 4.09. The van der Waals surface area contributed by atoms with Crippen LogP contribution in [0.4, 0.5) is 5.69 Å². The lowest BCUT2D eigenvalue weighted by atomic mass is 10.1. The summed E-state index contributed by atoms with van der Waals surface area (Å²) in [5.41, 5.74) is -0.00895. The van der Waals surface area contributed by atoms with Crippen LogP contribution in [0, 0.1) is 10.1 Å². The highest BCUT2D eigenvalue weighted by Crippen LogP contribution is 2.27. The third-order valence-electron chi connectivity index (χ3n) is 2.62. The van der Waals surface area contributed by atoms with Crippen LogP contribution in [0.15, 0.2) is 18.2 Å². The Balaban J connectivity index is 2.54. The zero-order chi connectivity index (χ0) is 15.7. The van der Waals surface area contributed by atoms with Crippen molar-refractivity contribution in [1.82, 2.24) is 5.32 Å². The van der Waals surface area contributed by atoms with Gasteiger partial charge in [-0.1, -0.05) is 0 Å². The lowest BCUT2D eigenvalue weighted by Crippen LogP contribution is -2.25. The predicted octanol–water partition coefficient (Wildman–Crippen LogP) is 1.45. The van der Waals surface area contributed by atoms with E-state index in [1.165, 1.54) is 25.3 Å². The normalized spacial score (nSPS) is 10.2. The molecular weight excluding hydrogens is 296 g/mol. The van der Waals surface area contributed by atoms with Crippen molar-refractivity contribution in [2.24, 2.45) is 0 Å². The van der Waals surface area contributed by atoms with Crippen LogP contribution in [-0.4, -0.2) is 47.7 Å². The molecular formula is C13H18N2O5S. The summed E-state index contributed by atoms with van der Waals surface area (Å²) >= 11 is 1.63. The van der Waals surface area contributed by atoms with E-state index in [-0.39, 0.29) is 29.5 Å². The van der Waals surface area contributed by atoms with Crippen molar-refractivity contribution < 1.29 is 19.6 Å². The second kappa shape index (κ2) is 9.19. The Labute approximate surface area is 126 Å². The molecule has 0 aliphatic rings. The predicted molar refractivity (Wildman–Crippen MR) is 81.0 cm³/mol. The fourth-order valence-corrected chi connectivity index (χ4v) is 2.37. The van der Waals surface area contributed by atoms with Gasteiger partial charge >= 0.3 is 5.69 Å². The number of nitrogens with zero attached hydrogens (tertiary/aromatic N) is 1. The summed E-state index contributed by atoms with van der Waals surface area (Å²) in [5.74, 6) is 1.32. The quantitative estimate of drug-likeness (QED) is 0.406. The first-order valence-electron chi connectivity index (χ1n) is 6.39. The summed E-state index contributed by atoms with van der Waals surface area (Å²) in [5, 5.41) is 22.2. The van der Waals surface area contributed by atoms with Gasteiger partial charge in [0, 0.05) is 30.5 Å². The Morgan fingerprint density at radius 3 is 2.86 bits per heavy atom. The molecule has 1 aromatic rings. The number of nitrogens with one attached hydrogen (secondary N) is 1. The fourth-order valence-electron chi connectivity index (χ4n) is 1.58. The molecule has 2 N–H and O–H groups in total. The van der Waals surface area contributed by atoms with Crippen LogP contribution in [0.25, 0.3) is 0 Å². The molecule has 0 aliphatic carbocycles. The van der Waals surface area contributed by atoms with E-state index in [2.05, 4.69) is 5.32 Å². The van der Waals surface area contributed by atoms with Crippen LogP contribution in [0.5, 0.6) is 5.75 Å². The number of nitro benzene ring substituents is 1. The van der Waals surface area contributed by atoms with E-state index in [0.717, 1.165) is 17.9 Å². The first-order chi connectivity index (χ1) is 10.1. The van der Waals surface area contributed by atoms with E-state index in [1.54, 1.807) is 11.8 Å². The number of benzene rings is 1. The van der Waals surface area contributed by atoms with Gasteiger partial charge in [-0.2, -0.15) is 11.8 Å². The Morgan fingerprint density at radius 1 is 1.48 bits per heavy atom. The van der Waals surface area contributed by atoms with Crippen molar-refractivity contribution in [1.29, 1.82) is 0 Å². The highest BCUT2D eigenvalue weighted by atomic mass is 32.2. The van der Waals surface area contributed by atoms with Crippen molar-refractivity contribution in [2.45, 2.75) is 6.42 Å². The topological polar surface area (TPSA) is 102 Å². The van der Waals surface area contributed by atoms with Crippen LogP contribution >= 0.6 is 11.8 Å². The molecule has 0 bridgehead atoms. The van der Waals surface area contributed by atoms with E-state index in [1.807, 2.05) is 0 Å². The van der Waals surface area contributed by atoms with Crippen molar-refractivity contribution in [3.05, 3.63) is 33.9 Å². The molecule has 0 radical (unpaired) electrons. The average Bonchev–Trinajstić information content (AvgIpc) is 2.49. The lowest BCUT2D eigenvalue weighted by Gasteiger charge is -2.06. The number of carbonyl (C=O) groups is 1. The number of hydrogen-bond acceptors (Lipinski definition) is 6. The number of nitro groups is 1. The number of carbonyl (C=O) groups excluding carboxylic acids is 1. The Hall–Kier alpha value is -1.80. The maximum Gasteiger partial charge on any atom is 0.311 e. The van der Waals surface area contributed by atoms with Crippen LogP contribution in [-0.2, 0) is 0 Å². The van der Waals surface area contributed by atoms with E-state index in [9.17, 15) is 14.9 Å². The largest absolute Gasteiger partial charge is 0.490 e. The number of aliphatic hydroxyl groups excluding tert-OH is 1. The molecule has 21 heavy (non-hydrogen) atoms. The number of ether oxygens (including phenoxy) is 1. The third kappa shape index (κ3) is 5.60. The molecule has 0 unspecified atom stereocenters. The van der Waals surface area contributed by atoms with Gasteiger partial charge in [0.05, 0.1) is 12.0 Å². The van der Waals surface area contributed by atoms with Gasteiger partial charge in [0.15, 0.2) is 5.75 Å². The van der Waals surface area contributed by atoms with Crippen molar-refractivity contribution >= 4 is 23.4 Å². The number of aliphatic hydroxyl groups is 1. The molecule has 0 saturated heterocycles. The van der Waals surface area contributed by atoms with E-state index in [4.69, 9.17) is 9.84 Å². The molecule has 0 spiro atoms. The zero-order valence-electron chi connectivity index (χ0n) is 11.7. The smallest absolute Gasteiger partial charge is 0.311 e. The molecule has 1 rings (SSSR count). The standard InChI is InChI=1S/C13H18N2O5S/c1-20-12-4-3-10(9-11(12)15(18)19)13(17)14-5-8-21-7-2-6-16/h3-4,9,16H,2,5-8H2,1H3,(H,14,17). The highest BCUT2D eigenvalue weighted by Gasteiger charge is 2.17. The lowest BCUT2D eigenvalue weighted by molar-refractivity contribution is -0.385. The molecule has 0 fully saturated rings. The second-order valence-corrected chi connectivity index (χ2v) is 5.31. The summed E-state index contributed by atoms with van der Waals surface area (Å²) in [6.45, 7) is 0.629. The molecule has 1 amide bonds. The van der Waals surface area contributed by atoms with Gasteiger partial charge < -0.3 is 15.2 Å². The molecule has 0 aliphatic heterocycles. The van der Waals surface area contributed by atoms with E-state index >= 15 is 0 Å². The maximum atomic E-state index is 11.9. The second-order valence-electron chi connectivity index (χ2n) is 4.09. The maximum absolute atomic E-state index is 11.9. The Kier molecular flexibility index (Phi) is 7.55. The minimum Gasteiger partial charge on any atom is -0.490 e. The van der Waals surface area contributed by atoms with Gasteiger partial charge in [-0.3, -0.25) is 14.9 Å². The van der Waals surface area contributed by atoms with E-state index in [0.29, 0.717) is 6.54 Å². The molecule has 8 heteroatoms. The molecule has 1 aromatic carbocycles. The first kappa shape index (κ1) is 17.3. The summed E-state index contributed by atoms with van der Waals surface area (Å²) < 4.78 is 4.88. The van der Waals surface area contributed by atoms with Crippen LogP contribution < -0.4 is 10.1 Å². The Morgan fingerprint density at radius 2 is 2.24 bits per heavy atom. The van der Waals surface area contributed by atoms with Gasteiger partial charge in [0.1, 0.15) is 0 Å². The molecule has 0 aromatic heterocycles. The van der Waals surface area contributed by atoms with Gasteiger partial charge in [0.25, 0.3) is 5.91 Å². The minimum absolute atomic E-state index is 0.121. The number of methoxy groups -OCH3 is 1. The zero-order valence-corrected chi connectivity index (χ0v) is 12.5. The SMILES string of the molecule is COc1ccc(C(=O)NCCSCCCO)cc1[N+](=O)[O-]. The van der Waals surface area contributed by atoms with Gasteiger partial charge in [-0.25, -0.2) is 0 Å². The molecule has 0 atom stereocenters. The third-order valence-corrected chi connectivity index (χ3v) is 3.69. The summed E-state index contributed by atoms with van der Waals surface area (Å²) in [7, 11) is 1.34. The molecule has 7 nitrogen and oxygen atoms in total. The van der Waals surface area contributed by atoms with Crippen LogP contribution in [0.3, 0.4) is 0 Å². The van der Waals surface area contributed by atoms with Gasteiger partial charge in [-0.15, -0.1) is 0 Å². The Bertz CT molecular complexity index is 495. The molecule has 0 heterocycles. The van der Waals surface area contributed by atoms with E-state index < -0.39 is 4.92 Å². The average molecular weight is 314 g/mol. The van der Waals surface area contributed by atoms with Gasteiger partial charge in [-0.05, 0) is 24.3 Å². The first-order valence-corrected chi connectivity index (χ1v) is 7.55. The fraction of sp³-hybridized carbons (Fsp3) is 0.462. The summed E-state index contributed by atoms with van der Waals surface area (Å²) in [4.78, 5) is 22.2. The van der Waals surface area contributed by atoms with Crippen LogP contribution in [0.1, 0.15) is 16.8 Å². The monoisotopic (exact) mass is 314 g/mol. The molecule has 116 valence electrons. The van der Waals surface area contributed by atoms with Crippen molar-refractivity contribution in [3.8, 4) is 5.75 Å². The number of amides is 1. The van der Waals surface area contributed by atoms with Crippen molar-refractivity contribution in [2.75, 3.05) is 31.8 Å². The summed E-state index contributed by atoms with van der Waals surface area (Å²) in [6.07, 6.45) is 0.725. The highest BCUT2D eigenvalue weighted by molar-refractivity contribution is 7.99. The number of thioether (sulfide) groups is 1.